The Labute approximate surface area is 198 Å². The number of rotatable bonds is 3. The van der Waals surface area contributed by atoms with Gasteiger partial charge >= 0.3 is 0 Å². The van der Waals surface area contributed by atoms with Crippen LogP contribution in [0.3, 0.4) is 0 Å². The number of hydrogen-bond donors (Lipinski definition) is 0. The van der Waals surface area contributed by atoms with Crippen molar-refractivity contribution in [2.45, 2.75) is 38.5 Å². The van der Waals surface area contributed by atoms with E-state index in [-0.39, 0.29) is 5.41 Å². The van der Waals surface area contributed by atoms with Gasteiger partial charge in [0.2, 0.25) is 5.91 Å². The molecule has 1 aromatic carbocycles. The van der Waals surface area contributed by atoms with E-state index in [0.29, 0.717) is 5.91 Å². The first-order valence-electron chi connectivity index (χ1n) is 12.5. The number of nitrogens with zero attached hydrogens (tertiary/aromatic N) is 4. The molecule has 3 aromatic rings. The first-order chi connectivity index (χ1) is 16.2. The highest BCUT2D eigenvalue weighted by atomic mass is 32.1. The maximum atomic E-state index is 13.8. The van der Waals surface area contributed by atoms with Gasteiger partial charge in [0, 0.05) is 31.6 Å². The zero-order valence-corrected chi connectivity index (χ0v) is 19.8. The van der Waals surface area contributed by atoms with E-state index in [1.54, 1.807) is 11.3 Å². The van der Waals surface area contributed by atoms with Gasteiger partial charge < -0.3 is 9.80 Å². The molecule has 4 aliphatic carbocycles. The van der Waals surface area contributed by atoms with Gasteiger partial charge in [-0.05, 0) is 79.9 Å². The minimum Gasteiger partial charge on any atom is -0.352 e. The maximum absolute atomic E-state index is 13.8. The van der Waals surface area contributed by atoms with Crippen molar-refractivity contribution in [3.63, 3.8) is 0 Å². The Kier molecular flexibility index (Phi) is 4.55. The van der Waals surface area contributed by atoms with Gasteiger partial charge in [-0.2, -0.15) is 0 Å². The van der Waals surface area contributed by atoms with Crippen LogP contribution in [-0.4, -0.2) is 47.0 Å². The summed E-state index contributed by atoms with van der Waals surface area (Å²) in [5.74, 6) is 4.70. The summed E-state index contributed by atoms with van der Waals surface area (Å²) in [5.41, 5.74) is 0.947. The van der Waals surface area contributed by atoms with Crippen molar-refractivity contribution in [2.24, 2.45) is 23.2 Å². The summed E-state index contributed by atoms with van der Waals surface area (Å²) in [6.45, 7) is 3.27. The maximum Gasteiger partial charge on any atom is 0.228 e. The van der Waals surface area contributed by atoms with Crippen LogP contribution in [0.15, 0.2) is 41.8 Å². The fourth-order valence-electron chi connectivity index (χ4n) is 7.65. The van der Waals surface area contributed by atoms with Crippen molar-refractivity contribution >= 4 is 34.0 Å². The van der Waals surface area contributed by atoms with Crippen LogP contribution >= 0.6 is 11.3 Å². The fourth-order valence-corrected chi connectivity index (χ4v) is 8.30. The molecule has 33 heavy (non-hydrogen) atoms. The van der Waals surface area contributed by atoms with Crippen molar-refractivity contribution in [2.75, 3.05) is 31.1 Å². The molecule has 0 atom stereocenters. The first kappa shape index (κ1) is 20.0. The standard InChI is InChI=1S/C27H30N4OS/c32-26(27-15-18-12-19(16-27)14-20(13-18)17-27)31-9-7-30(8-10-31)25-21-4-1-2-5-22(21)28-24(29-25)23-6-3-11-33-23/h1-6,11,18-20H,7-10,12-17H2. The molecule has 4 bridgehead atoms. The number of amides is 1. The molecule has 0 N–H and O–H groups in total. The average Bonchev–Trinajstić information content (AvgIpc) is 3.37. The highest BCUT2D eigenvalue weighted by Gasteiger charge is 2.55. The van der Waals surface area contributed by atoms with Gasteiger partial charge in [-0.3, -0.25) is 4.79 Å². The Morgan fingerprint density at radius 2 is 1.58 bits per heavy atom. The molecule has 0 unspecified atom stereocenters. The number of benzene rings is 1. The molecule has 4 saturated carbocycles. The number of aromatic nitrogens is 2. The highest BCUT2D eigenvalue weighted by Crippen LogP contribution is 2.60. The van der Waals surface area contributed by atoms with E-state index in [4.69, 9.17) is 9.97 Å². The van der Waals surface area contributed by atoms with E-state index < -0.39 is 0 Å². The Bertz CT molecular complexity index is 1160. The second-order valence-corrected chi connectivity index (χ2v) is 11.8. The summed E-state index contributed by atoms with van der Waals surface area (Å²) < 4.78 is 0. The number of piperazine rings is 1. The third-order valence-corrected chi connectivity index (χ3v) is 9.55. The van der Waals surface area contributed by atoms with Crippen LogP contribution in [0.1, 0.15) is 38.5 Å². The molecular weight excluding hydrogens is 428 g/mol. The highest BCUT2D eigenvalue weighted by molar-refractivity contribution is 7.13. The molecule has 0 radical (unpaired) electrons. The van der Waals surface area contributed by atoms with Crippen molar-refractivity contribution in [1.82, 2.24) is 14.9 Å². The minimum atomic E-state index is -0.0368. The van der Waals surface area contributed by atoms with Crippen LogP contribution in [0.5, 0.6) is 0 Å². The molecule has 5 nitrogen and oxygen atoms in total. The van der Waals surface area contributed by atoms with Gasteiger partial charge in [-0.25, -0.2) is 9.97 Å². The molecule has 0 spiro atoms. The summed E-state index contributed by atoms with van der Waals surface area (Å²) in [6, 6.07) is 12.4. The zero-order valence-electron chi connectivity index (χ0n) is 18.9. The van der Waals surface area contributed by atoms with Gasteiger partial charge in [-0.15, -0.1) is 11.3 Å². The van der Waals surface area contributed by atoms with E-state index in [1.807, 2.05) is 12.1 Å². The van der Waals surface area contributed by atoms with Crippen molar-refractivity contribution < 1.29 is 4.79 Å². The second kappa shape index (κ2) is 7.52. The van der Waals surface area contributed by atoms with Gasteiger partial charge in [-0.1, -0.05) is 18.2 Å². The van der Waals surface area contributed by atoms with E-state index in [1.165, 1.54) is 19.3 Å². The number of fused-ring (bicyclic) bond motifs is 1. The molecule has 5 aliphatic rings. The quantitative estimate of drug-likeness (QED) is 0.540. The van der Waals surface area contributed by atoms with Gasteiger partial charge in [0.05, 0.1) is 15.8 Å². The molecule has 5 fully saturated rings. The van der Waals surface area contributed by atoms with E-state index >= 15 is 0 Å². The lowest BCUT2D eigenvalue weighted by atomic mass is 9.49. The Morgan fingerprint density at radius 1 is 0.879 bits per heavy atom. The summed E-state index contributed by atoms with van der Waals surface area (Å²) in [5, 5.41) is 3.17. The van der Waals surface area contributed by atoms with Crippen molar-refractivity contribution in [1.29, 1.82) is 0 Å². The van der Waals surface area contributed by atoms with Crippen LogP contribution in [-0.2, 0) is 4.79 Å². The number of carbonyl (C=O) groups excluding carboxylic acids is 1. The average molecular weight is 459 g/mol. The lowest BCUT2D eigenvalue weighted by molar-refractivity contribution is -0.158. The smallest absolute Gasteiger partial charge is 0.228 e. The second-order valence-electron chi connectivity index (χ2n) is 10.8. The third-order valence-electron chi connectivity index (χ3n) is 8.68. The Balaban J connectivity index is 1.14. The topological polar surface area (TPSA) is 49.3 Å². The van der Waals surface area contributed by atoms with Gasteiger partial charge in [0.25, 0.3) is 0 Å². The van der Waals surface area contributed by atoms with Crippen LogP contribution in [0, 0.1) is 23.2 Å². The molecule has 8 rings (SSSR count). The normalized spacial score (nSPS) is 30.8. The molecule has 3 heterocycles. The largest absolute Gasteiger partial charge is 0.352 e. The fraction of sp³-hybridized carbons (Fsp3) is 0.519. The summed E-state index contributed by atoms with van der Waals surface area (Å²) >= 11 is 1.67. The minimum absolute atomic E-state index is 0.0368. The summed E-state index contributed by atoms with van der Waals surface area (Å²) in [6.07, 6.45) is 7.60. The summed E-state index contributed by atoms with van der Waals surface area (Å²) in [7, 11) is 0. The van der Waals surface area contributed by atoms with Gasteiger partial charge in [0.15, 0.2) is 5.82 Å². The molecule has 2 aromatic heterocycles. The van der Waals surface area contributed by atoms with Crippen LogP contribution in [0.2, 0.25) is 0 Å². The number of thiophene rings is 1. The number of para-hydroxylation sites is 1. The molecular formula is C27H30N4OS. The molecule has 1 amide bonds. The Hall–Kier alpha value is -2.47. The van der Waals surface area contributed by atoms with Crippen LogP contribution < -0.4 is 4.90 Å². The van der Waals surface area contributed by atoms with E-state index in [0.717, 1.165) is 90.6 Å². The Morgan fingerprint density at radius 3 is 2.24 bits per heavy atom. The predicted molar refractivity (Wildman–Crippen MR) is 132 cm³/mol. The zero-order chi connectivity index (χ0) is 22.0. The van der Waals surface area contributed by atoms with E-state index in [2.05, 4.69) is 39.4 Å². The van der Waals surface area contributed by atoms with Gasteiger partial charge in [0.1, 0.15) is 5.82 Å². The summed E-state index contributed by atoms with van der Waals surface area (Å²) in [4.78, 5) is 29.3. The lowest BCUT2D eigenvalue weighted by Gasteiger charge is -2.57. The molecule has 170 valence electrons. The predicted octanol–water partition coefficient (Wildman–Crippen LogP) is 5.22. The van der Waals surface area contributed by atoms with Crippen LogP contribution in [0.25, 0.3) is 21.6 Å². The number of hydrogen-bond acceptors (Lipinski definition) is 5. The van der Waals surface area contributed by atoms with Crippen molar-refractivity contribution in [3.8, 4) is 10.7 Å². The van der Waals surface area contributed by atoms with Crippen molar-refractivity contribution in [3.05, 3.63) is 41.8 Å². The van der Waals surface area contributed by atoms with E-state index in [9.17, 15) is 4.79 Å². The number of anilines is 1. The third kappa shape index (κ3) is 3.29. The first-order valence-corrected chi connectivity index (χ1v) is 13.4. The molecule has 6 heteroatoms. The molecule has 1 saturated heterocycles. The number of carbonyl (C=O) groups is 1. The molecule has 1 aliphatic heterocycles. The van der Waals surface area contributed by atoms with Crippen LogP contribution in [0.4, 0.5) is 5.82 Å². The lowest BCUT2D eigenvalue weighted by Crippen LogP contribution is -2.58. The monoisotopic (exact) mass is 458 g/mol. The SMILES string of the molecule is O=C(N1CCN(c2nc(-c3cccs3)nc3ccccc23)CC1)C12CC3CC(CC(C3)C1)C2.